The second-order valence-electron chi connectivity index (χ2n) is 3.46. The molecule has 0 saturated heterocycles. The topological polar surface area (TPSA) is 52.3 Å². The van der Waals surface area contributed by atoms with Gasteiger partial charge in [0, 0.05) is 10.6 Å². The van der Waals surface area contributed by atoms with Crippen LogP contribution in [-0.4, -0.2) is 17.8 Å². The van der Waals surface area contributed by atoms with Crippen LogP contribution in [-0.2, 0) is 9.53 Å². The third kappa shape index (κ3) is 4.13. The maximum absolute atomic E-state index is 11.6. The lowest BCUT2D eigenvalue weighted by molar-refractivity contribution is -0.142. The van der Waals surface area contributed by atoms with Crippen molar-refractivity contribution in [2.24, 2.45) is 0 Å². The molecule has 0 radical (unpaired) electrons. The van der Waals surface area contributed by atoms with Crippen LogP contribution >= 0.6 is 23.4 Å². The van der Waals surface area contributed by atoms with Crippen LogP contribution in [0.5, 0.6) is 0 Å². The Hall–Kier alpha value is -0.870. The fourth-order valence-electron chi connectivity index (χ4n) is 1.30. The first-order valence-electron chi connectivity index (χ1n) is 5.46. The fraction of sp³-hybridized carbons (Fsp3) is 0.417. The zero-order chi connectivity index (χ0) is 12.8. The molecule has 3 nitrogen and oxygen atoms in total. The van der Waals surface area contributed by atoms with Gasteiger partial charge in [0.2, 0.25) is 0 Å². The van der Waals surface area contributed by atoms with Gasteiger partial charge < -0.3 is 10.5 Å². The SMILES string of the molecule is CCOC(=O)C(CC)Sc1ccc(N)cc1Cl. The Labute approximate surface area is 111 Å². The van der Waals surface area contributed by atoms with Crippen LogP contribution in [0.3, 0.4) is 0 Å². The number of nitrogens with two attached hydrogens (primary N) is 1. The van der Waals surface area contributed by atoms with Crippen molar-refractivity contribution in [3.05, 3.63) is 23.2 Å². The van der Waals surface area contributed by atoms with Gasteiger partial charge in [-0.05, 0) is 31.5 Å². The summed E-state index contributed by atoms with van der Waals surface area (Å²) in [7, 11) is 0. The minimum absolute atomic E-state index is 0.201. The number of hydrogen-bond donors (Lipinski definition) is 1. The van der Waals surface area contributed by atoms with Crippen molar-refractivity contribution in [2.75, 3.05) is 12.3 Å². The number of halogens is 1. The molecule has 1 aromatic carbocycles. The van der Waals surface area contributed by atoms with E-state index in [1.807, 2.05) is 13.0 Å². The van der Waals surface area contributed by atoms with E-state index in [1.165, 1.54) is 11.8 Å². The summed E-state index contributed by atoms with van der Waals surface area (Å²) in [6.07, 6.45) is 0.699. The zero-order valence-corrected chi connectivity index (χ0v) is 11.5. The molecule has 0 saturated carbocycles. The monoisotopic (exact) mass is 273 g/mol. The summed E-state index contributed by atoms with van der Waals surface area (Å²) in [6.45, 7) is 4.14. The molecular weight excluding hydrogens is 258 g/mol. The van der Waals surface area contributed by atoms with Gasteiger partial charge in [-0.2, -0.15) is 0 Å². The normalized spacial score (nSPS) is 12.2. The number of ether oxygens (including phenoxy) is 1. The van der Waals surface area contributed by atoms with E-state index in [2.05, 4.69) is 0 Å². The zero-order valence-electron chi connectivity index (χ0n) is 9.90. The van der Waals surface area contributed by atoms with Crippen molar-refractivity contribution < 1.29 is 9.53 Å². The summed E-state index contributed by atoms with van der Waals surface area (Å²) in [6, 6.07) is 5.28. The van der Waals surface area contributed by atoms with Gasteiger partial charge in [-0.3, -0.25) is 4.79 Å². The van der Waals surface area contributed by atoms with Crippen LogP contribution in [0, 0.1) is 0 Å². The Morgan fingerprint density at radius 1 is 1.53 bits per heavy atom. The first kappa shape index (κ1) is 14.2. The Kier molecular flexibility index (Phi) is 5.65. The minimum atomic E-state index is -0.226. The van der Waals surface area contributed by atoms with Gasteiger partial charge in [0.15, 0.2) is 0 Å². The quantitative estimate of drug-likeness (QED) is 0.508. The fourth-order valence-corrected chi connectivity index (χ4v) is 2.58. The van der Waals surface area contributed by atoms with Crippen LogP contribution in [0.1, 0.15) is 20.3 Å². The first-order chi connectivity index (χ1) is 8.08. The van der Waals surface area contributed by atoms with E-state index in [-0.39, 0.29) is 11.2 Å². The largest absolute Gasteiger partial charge is 0.465 e. The molecule has 1 aromatic rings. The molecule has 1 atom stereocenters. The first-order valence-corrected chi connectivity index (χ1v) is 6.72. The Bertz CT molecular complexity index is 398. The van der Waals surface area contributed by atoms with Crippen molar-refractivity contribution in [1.82, 2.24) is 0 Å². The third-order valence-corrected chi connectivity index (χ3v) is 3.99. The van der Waals surface area contributed by atoms with Crippen LogP contribution in [0.4, 0.5) is 5.69 Å². The average molecular weight is 274 g/mol. The van der Waals surface area contributed by atoms with E-state index in [0.29, 0.717) is 23.7 Å². The van der Waals surface area contributed by atoms with Crippen molar-refractivity contribution in [2.45, 2.75) is 30.4 Å². The van der Waals surface area contributed by atoms with E-state index in [4.69, 9.17) is 22.1 Å². The van der Waals surface area contributed by atoms with E-state index in [1.54, 1.807) is 19.1 Å². The Balaban J connectivity index is 2.77. The van der Waals surface area contributed by atoms with Crippen molar-refractivity contribution in [3.63, 3.8) is 0 Å². The Morgan fingerprint density at radius 2 is 2.24 bits per heavy atom. The number of carbonyl (C=O) groups is 1. The van der Waals surface area contributed by atoms with E-state index >= 15 is 0 Å². The predicted octanol–water partition coefficient (Wildman–Crippen LogP) is 3.36. The second-order valence-corrected chi connectivity index (χ2v) is 5.11. The molecule has 0 amide bonds. The molecule has 0 bridgehead atoms. The van der Waals surface area contributed by atoms with Gasteiger partial charge in [0.25, 0.3) is 0 Å². The number of nitrogen functional groups attached to an aromatic ring is 1. The lowest BCUT2D eigenvalue weighted by atomic mass is 10.3. The molecule has 0 aliphatic carbocycles. The molecule has 5 heteroatoms. The summed E-state index contributed by atoms with van der Waals surface area (Å²) >= 11 is 7.47. The van der Waals surface area contributed by atoms with Gasteiger partial charge >= 0.3 is 5.97 Å². The van der Waals surface area contributed by atoms with Gasteiger partial charge in [-0.1, -0.05) is 18.5 Å². The Morgan fingerprint density at radius 3 is 2.76 bits per heavy atom. The number of rotatable bonds is 5. The van der Waals surface area contributed by atoms with Crippen LogP contribution in [0.2, 0.25) is 5.02 Å². The molecular formula is C12H16ClNO2S. The predicted molar refractivity (Wildman–Crippen MR) is 72.4 cm³/mol. The average Bonchev–Trinajstić information content (AvgIpc) is 2.28. The molecule has 0 fully saturated rings. The lowest BCUT2D eigenvalue weighted by Crippen LogP contribution is -2.19. The number of anilines is 1. The highest BCUT2D eigenvalue weighted by molar-refractivity contribution is 8.00. The third-order valence-electron chi connectivity index (χ3n) is 2.15. The second kappa shape index (κ2) is 6.77. The maximum Gasteiger partial charge on any atom is 0.319 e. The number of esters is 1. The molecule has 0 heterocycles. The van der Waals surface area contributed by atoms with Gasteiger partial charge in [-0.15, -0.1) is 11.8 Å². The van der Waals surface area contributed by atoms with Crippen LogP contribution in [0.25, 0.3) is 0 Å². The van der Waals surface area contributed by atoms with Crippen LogP contribution < -0.4 is 5.73 Å². The summed E-state index contributed by atoms with van der Waals surface area (Å²) in [5.41, 5.74) is 6.23. The minimum Gasteiger partial charge on any atom is -0.465 e. The summed E-state index contributed by atoms with van der Waals surface area (Å²) in [5, 5.41) is 0.342. The van der Waals surface area contributed by atoms with Crippen molar-refractivity contribution >= 4 is 35.0 Å². The number of benzene rings is 1. The summed E-state index contributed by atoms with van der Waals surface area (Å²) in [5.74, 6) is -0.201. The van der Waals surface area contributed by atoms with Gasteiger partial charge in [0.05, 0.1) is 11.6 Å². The molecule has 1 rings (SSSR count). The van der Waals surface area contributed by atoms with Crippen LogP contribution in [0.15, 0.2) is 23.1 Å². The molecule has 1 unspecified atom stereocenters. The molecule has 0 aliphatic heterocycles. The van der Waals surface area contributed by atoms with E-state index in [0.717, 1.165) is 4.90 Å². The smallest absolute Gasteiger partial charge is 0.319 e. The highest BCUT2D eigenvalue weighted by atomic mass is 35.5. The molecule has 2 N–H and O–H groups in total. The van der Waals surface area contributed by atoms with Crippen molar-refractivity contribution in [3.8, 4) is 0 Å². The lowest BCUT2D eigenvalue weighted by Gasteiger charge is -2.14. The van der Waals surface area contributed by atoms with Crippen molar-refractivity contribution in [1.29, 1.82) is 0 Å². The number of carbonyl (C=O) groups excluding carboxylic acids is 1. The highest BCUT2D eigenvalue weighted by Crippen LogP contribution is 2.33. The maximum atomic E-state index is 11.6. The molecule has 0 aromatic heterocycles. The van der Waals surface area contributed by atoms with Gasteiger partial charge in [-0.25, -0.2) is 0 Å². The molecule has 17 heavy (non-hydrogen) atoms. The summed E-state index contributed by atoms with van der Waals surface area (Å²) < 4.78 is 5.00. The van der Waals surface area contributed by atoms with E-state index < -0.39 is 0 Å². The number of thioether (sulfide) groups is 1. The summed E-state index contributed by atoms with van der Waals surface area (Å²) in [4.78, 5) is 12.5. The van der Waals surface area contributed by atoms with E-state index in [9.17, 15) is 4.79 Å². The standard InChI is InChI=1S/C12H16ClNO2S/c1-3-10(12(15)16-4-2)17-11-6-5-8(14)7-9(11)13/h5-7,10H,3-4,14H2,1-2H3. The highest BCUT2D eigenvalue weighted by Gasteiger charge is 2.20. The molecule has 0 aliphatic rings. The molecule has 94 valence electrons. The number of hydrogen-bond acceptors (Lipinski definition) is 4. The van der Waals surface area contributed by atoms with Gasteiger partial charge in [0.1, 0.15) is 5.25 Å². The molecule has 0 spiro atoms.